The van der Waals surface area contributed by atoms with Crippen LogP contribution in [0.25, 0.3) is 0 Å². The number of carboxylic acids is 1. The van der Waals surface area contributed by atoms with Gasteiger partial charge in [0.2, 0.25) is 0 Å². The van der Waals surface area contributed by atoms with Gasteiger partial charge in [0.15, 0.2) is 11.5 Å². The number of hydrogen-bond acceptors (Lipinski definition) is 5. The Balaban J connectivity index is 2.94. The highest BCUT2D eigenvalue weighted by Gasteiger charge is 2.09. The fourth-order valence-corrected chi connectivity index (χ4v) is 1.38. The monoisotopic (exact) mass is 229 g/mol. The molecule has 6 heteroatoms. The summed E-state index contributed by atoms with van der Waals surface area (Å²) in [6.07, 6.45) is 0.207. The average Bonchev–Trinajstić information content (AvgIpc) is 2.19. The molecular weight excluding hydrogens is 218 g/mol. The van der Waals surface area contributed by atoms with Gasteiger partial charge in [-0.25, -0.2) is 0 Å². The number of phenols is 2. The molecule has 1 aromatic carbocycles. The Kier molecular flexibility index (Phi) is 3.68. The average molecular weight is 229 g/mol. The number of benzene rings is 1. The third-order valence-corrected chi connectivity index (χ3v) is 2.17. The zero-order valence-corrected chi connectivity index (χ0v) is 8.66. The van der Waals surface area contributed by atoms with E-state index in [2.05, 4.69) is 17.5 Å². The van der Waals surface area contributed by atoms with Crippen molar-refractivity contribution in [2.24, 2.45) is 0 Å². The summed E-state index contributed by atoms with van der Waals surface area (Å²) in [4.78, 5) is 10.4. The van der Waals surface area contributed by atoms with E-state index in [9.17, 15) is 15.0 Å². The number of nitrogens with one attached hydrogen (secondary N) is 1. The normalized spacial score (nSPS) is 9.93. The van der Waals surface area contributed by atoms with Crippen molar-refractivity contribution in [2.75, 3.05) is 4.72 Å². The molecule has 5 nitrogen and oxygen atoms in total. The highest BCUT2D eigenvalue weighted by Crippen LogP contribution is 2.32. The lowest BCUT2D eigenvalue weighted by Crippen LogP contribution is -1.99. The van der Waals surface area contributed by atoms with Crippen LogP contribution in [0.4, 0.5) is 5.69 Å². The molecule has 0 amide bonds. The molecule has 0 aromatic heterocycles. The van der Waals surface area contributed by atoms with Gasteiger partial charge in [-0.2, -0.15) is 0 Å². The Morgan fingerprint density at radius 3 is 2.47 bits per heavy atom. The molecule has 0 radical (unpaired) electrons. The molecule has 0 heterocycles. The quantitative estimate of drug-likeness (QED) is 0.306. The Morgan fingerprint density at radius 1 is 1.33 bits per heavy atom. The van der Waals surface area contributed by atoms with E-state index in [1.165, 1.54) is 12.1 Å². The van der Waals surface area contributed by atoms with Crippen molar-refractivity contribution in [3.8, 4) is 11.5 Å². The summed E-state index contributed by atoms with van der Waals surface area (Å²) in [6, 6.07) is 2.61. The van der Waals surface area contributed by atoms with Crippen LogP contribution >= 0.6 is 12.8 Å². The number of aliphatic carboxylic acids is 1. The molecule has 0 atom stereocenters. The molecule has 4 N–H and O–H groups in total. The van der Waals surface area contributed by atoms with Crippen LogP contribution in [0.15, 0.2) is 12.1 Å². The number of thiol groups is 1. The highest BCUT2D eigenvalue weighted by molar-refractivity contribution is 7.81. The summed E-state index contributed by atoms with van der Waals surface area (Å²) in [5, 5.41) is 26.9. The van der Waals surface area contributed by atoms with E-state index in [0.717, 1.165) is 0 Å². The van der Waals surface area contributed by atoms with Gasteiger partial charge in [0.1, 0.15) is 0 Å². The first-order valence-electron chi connectivity index (χ1n) is 4.21. The van der Waals surface area contributed by atoms with Crippen molar-refractivity contribution >= 4 is 24.5 Å². The standard InChI is InChI=1S/C9H11NO4S/c11-7-3-5(1-2-9(13)14)6(10-15)4-8(7)12/h3-4,10-12,15H,1-2H2,(H,13,14). The summed E-state index contributed by atoms with van der Waals surface area (Å²) < 4.78 is 2.52. The second-order valence-corrected chi connectivity index (χ2v) is 3.23. The topological polar surface area (TPSA) is 89.8 Å². The number of aryl methyl sites for hydroxylation is 1. The Labute approximate surface area is 91.9 Å². The molecule has 0 aliphatic heterocycles. The van der Waals surface area contributed by atoms with Crippen LogP contribution in [-0.4, -0.2) is 21.3 Å². The molecule has 15 heavy (non-hydrogen) atoms. The lowest BCUT2D eigenvalue weighted by atomic mass is 10.1. The first-order chi connectivity index (χ1) is 7.04. The van der Waals surface area contributed by atoms with Crippen LogP contribution in [-0.2, 0) is 11.2 Å². The van der Waals surface area contributed by atoms with Gasteiger partial charge in [-0.05, 0) is 18.1 Å². The van der Waals surface area contributed by atoms with Gasteiger partial charge in [0.25, 0.3) is 0 Å². The highest BCUT2D eigenvalue weighted by atomic mass is 32.1. The summed E-state index contributed by atoms with van der Waals surface area (Å²) in [6.45, 7) is 0. The minimum absolute atomic E-state index is 0.0489. The first kappa shape index (κ1) is 11.5. The molecule has 0 spiro atoms. The van der Waals surface area contributed by atoms with Gasteiger partial charge < -0.3 is 20.0 Å². The lowest BCUT2D eigenvalue weighted by Gasteiger charge is -2.09. The van der Waals surface area contributed by atoms with Crippen LogP contribution < -0.4 is 4.72 Å². The van der Waals surface area contributed by atoms with Gasteiger partial charge in [-0.15, -0.1) is 0 Å². The van der Waals surface area contributed by atoms with Crippen LogP contribution in [0.5, 0.6) is 11.5 Å². The van der Waals surface area contributed by atoms with Crippen molar-refractivity contribution in [3.63, 3.8) is 0 Å². The van der Waals surface area contributed by atoms with E-state index in [4.69, 9.17) is 5.11 Å². The Bertz CT molecular complexity index is 381. The Morgan fingerprint density at radius 2 is 1.93 bits per heavy atom. The molecule has 82 valence electrons. The predicted octanol–water partition coefficient (Wildman–Crippen LogP) is 1.37. The number of hydrogen-bond donors (Lipinski definition) is 5. The zero-order chi connectivity index (χ0) is 11.4. The van der Waals surface area contributed by atoms with E-state index < -0.39 is 5.97 Å². The van der Waals surface area contributed by atoms with Crippen LogP contribution in [0, 0.1) is 0 Å². The maximum Gasteiger partial charge on any atom is 0.303 e. The summed E-state index contributed by atoms with van der Waals surface area (Å²) in [5.74, 6) is -1.47. The van der Waals surface area contributed by atoms with E-state index in [0.29, 0.717) is 11.3 Å². The molecule has 0 saturated carbocycles. The van der Waals surface area contributed by atoms with Crippen LogP contribution in [0.3, 0.4) is 0 Å². The lowest BCUT2D eigenvalue weighted by molar-refractivity contribution is -0.136. The van der Waals surface area contributed by atoms with E-state index in [-0.39, 0.29) is 24.3 Å². The zero-order valence-electron chi connectivity index (χ0n) is 7.77. The molecule has 0 unspecified atom stereocenters. The SMILES string of the molecule is O=C(O)CCc1cc(O)c(O)cc1NS. The number of phenolic OH excluding ortho intramolecular Hbond substituents is 2. The molecule has 1 aromatic rings. The first-order valence-corrected chi connectivity index (χ1v) is 4.66. The number of carbonyl (C=O) groups is 1. The molecule has 0 aliphatic rings. The van der Waals surface area contributed by atoms with Crippen molar-refractivity contribution in [3.05, 3.63) is 17.7 Å². The smallest absolute Gasteiger partial charge is 0.303 e. The van der Waals surface area contributed by atoms with E-state index >= 15 is 0 Å². The number of carboxylic acid groups (broad SMARTS) is 1. The van der Waals surface area contributed by atoms with Gasteiger partial charge in [-0.1, -0.05) is 12.8 Å². The molecule has 0 fully saturated rings. The Hall–Kier alpha value is -1.56. The maximum absolute atomic E-state index is 10.4. The van der Waals surface area contributed by atoms with E-state index in [1.807, 2.05) is 0 Å². The van der Waals surface area contributed by atoms with Crippen LogP contribution in [0.1, 0.15) is 12.0 Å². The van der Waals surface area contributed by atoms with Gasteiger partial charge in [0.05, 0.1) is 5.69 Å². The molecule has 0 saturated heterocycles. The summed E-state index contributed by atoms with van der Waals surface area (Å²) in [5.41, 5.74) is 1.07. The summed E-state index contributed by atoms with van der Waals surface area (Å²) >= 11 is 3.82. The fourth-order valence-electron chi connectivity index (χ4n) is 1.17. The predicted molar refractivity (Wildman–Crippen MR) is 58.3 cm³/mol. The largest absolute Gasteiger partial charge is 0.504 e. The minimum atomic E-state index is -0.923. The third-order valence-electron chi connectivity index (χ3n) is 1.93. The second kappa shape index (κ2) is 4.79. The second-order valence-electron chi connectivity index (χ2n) is 3.00. The van der Waals surface area contributed by atoms with Crippen molar-refractivity contribution in [1.29, 1.82) is 0 Å². The number of aromatic hydroxyl groups is 2. The van der Waals surface area contributed by atoms with Crippen LogP contribution in [0.2, 0.25) is 0 Å². The molecule has 1 rings (SSSR count). The van der Waals surface area contributed by atoms with Crippen molar-refractivity contribution < 1.29 is 20.1 Å². The fraction of sp³-hybridized carbons (Fsp3) is 0.222. The van der Waals surface area contributed by atoms with E-state index in [1.54, 1.807) is 0 Å². The van der Waals surface area contributed by atoms with Gasteiger partial charge >= 0.3 is 5.97 Å². The number of anilines is 1. The summed E-state index contributed by atoms with van der Waals surface area (Å²) in [7, 11) is 0. The molecular formula is C9H11NO4S. The van der Waals surface area contributed by atoms with Crippen molar-refractivity contribution in [2.45, 2.75) is 12.8 Å². The number of rotatable bonds is 4. The van der Waals surface area contributed by atoms with Gasteiger partial charge in [0, 0.05) is 12.5 Å². The van der Waals surface area contributed by atoms with Gasteiger partial charge in [-0.3, -0.25) is 4.79 Å². The third kappa shape index (κ3) is 2.95. The maximum atomic E-state index is 10.4. The minimum Gasteiger partial charge on any atom is -0.504 e. The molecule has 0 bridgehead atoms. The van der Waals surface area contributed by atoms with Crippen molar-refractivity contribution in [1.82, 2.24) is 0 Å². The molecule has 0 aliphatic carbocycles.